The number of thiazole rings is 1. The molecule has 1 aliphatic carbocycles. The number of nitrogens with one attached hydrogen (secondary N) is 1. The van der Waals surface area contributed by atoms with Crippen LogP contribution in [-0.4, -0.2) is 28.2 Å². The Kier molecular flexibility index (Phi) is 5.51. The van der Waals surface area contributed by atoms with E-state index in [1.54, 1.807) is 36.4 Å². The van der Waals surface area contributed by atoms with Crippen molar-refractivity contribution >= 4 is 79.7 Å². The molecular formula is C23H12Cl2N2O3S2. The SMILES string of the molecule is O=C(CSc1nc2cc(Cl)ccc2s1)Nc1cc2c(cc1Cl)C(=O)c1ccccc1C2=O. The molecule has 32 heavy (non-hydrogen) atoms. The first kappa shape index (κ1) is 21.2. The number of benzene rings is 3. The van der Waals surface area contributed by atoms with Gasteiger partial charge >= 0.3 is 0 Å². The second-order valence-electron chi connectivity index (χ2n) is 7.01. The van der Waals surface area contributed by atoms with E-state index in [1.165, 1.54) is 35.2 Å². The minimum absolute atomic E-state index is 0.108. The Hall–Kier alpha value is -2.71. The van der Waals surface area contributed by atoms with Crippen LogP contribution >= 0.6 is 46.3 Å². The third kappa shape index (κ3) is 3.82. The summed E-state index contributed by atoms with van der Waals surface area (Å²) < 4.78 is 1.73. The number of ketones is 2. The number of hydrogen-bond acceptors (Lipinski definition) is 6. The van der Waals surface area contributed by atoms with Gasteiger partial charge in [-0.1, -0.05) is 59.2 Å². The maximum Gasteiger partial charge on any atom is 0.234 e. The fourth-order valence-electron chi connectivity index (χ4n) is 3.47. The summed E-state index contributed by atoms with van der Waals surface area (Å²) in [7, 11) is 0. The summed E-state index contributed by atoms with van der Waals surface area (Å²) in [5, 5.41) is 3.53. The quantitative estimate of drug-likeness (QED) is 0.302. The highest BCUT2D eigenvalue weighted by Gasteiger charge is 2.30. The van der Waals surface area contributed by atoms with E-state index in [0.29, 0.717) is 16.1 Å². The Labute approximate surface area is 200 Å². The van der Waals surface area contributed by atoms with Crippen molar-refractivity contribution in [3.05, 3.63) is 86.9 Å². The topological polar surface area (TPSA) is 76.1 Å². The standard InChI is InChI=1S/C23H12Cl2N2O3S2/c24-11-5-6-19-18(7-11)27-23(32-19)31-10-20(28)26-17-9-15-14(8-16(17)25)21(29)12-3-1-2-4-13(12)22(15)30/h1-9H,10H2,(H,26,28). The summed E-state index contributed by atoms with van der Waals surface area (Å²) in [5.41, 5.74) is 2.23. The first-order chi connectivity index (χ1) is 15.4. The summed E-state index contributed by atoms with van der Waals surface area (Å²) in [6.45, 7) is 0. The number of halogens is 2. The molecule has 5 nitrogen and oxygen atoms in total. The molecule has 3 aromatic carbocycles. The number of amides is 1. The Morgan fingerprint density at radius 2 is 1.62 bits per heavy atom. The second kappa shape index (κ2) is 8.33. The van der Waals surface area contributed by atoms with Crippen LogP contribution in [0.25, 0.3) is 10.2 Å². The van der Waals surface area contributed by atoms with Gasteiger partial charge in [0.2, 0.25) is 5.91 Å². The Balaban J connectivity index is 1.34. The highest BCUT2D eigenvalue weighted by atomic mass is 35.5. The molecule has 0 bridgehead atoms. The molecule has 9 heteroatoms. The first-order valence-corrected chi connectivity index (χ1v) is 12.0. The van der Waals surface area contributed by atoms with Gasteiger partial charge in [0.05, 0.1) is 26.7 Å². The van der Waals surface area contributed by atoms with Crippen molar-refractivity contribution in [3.63, 3.8) is 0 Å². The van der Waals surface area contributed by atoms with Crippen LogP contribution in [-0.2, 0) is 4.79 Å². The van der Waals surface area contributed by atoms with Gasteiger partial charge in [-0.3, -0.25) is 14.4 Å². The highest BCUT2D eigenvalue weighted by molar-refractivity contribution is 8.01. The van der Waals surface area contributed by atoms with Gasteiger partial charge in [-0.15, -0.1) is 11.3 Å². The van der Waals surface area contributed by atoms with E-state index in [2.05, 4.69) is 10.3 Å². The van der Waals surface area contributed by atoms with Gasteiger partial charge in [0, 0.05) is 27.3 Å². The van der Waals surface area contributed by atoms with Gasteiger partial charge in [0.15, 0.2) is 15.9 Å². The van der Waals surface area contributed by atoms with Crippen molar-refractivity contribution in [2.24, 2.45) is 0 Å². The van der Waals surface area contributed by atoms with Gasteiger partial charge in [0.25, 0.3) is 0 Å². The average molecular weight is 499 g/mol. The lowest BCUT2D eigenvalue weighted by atomic mass is 9.84. The summed E-state index contributed by atoms with van der Waals surface area (Å²) in [4.78, 5) is 42.7. The molecule has 0 atom stereocenters. The van der Waals surface area contributed by atoms with E-state index in [4.69, 9.17) is 23.2 Å². The number of aromatic nitrogens is 1. The minimum atomic E-state index is -0.302. The third-order valence-electron chi connectivity index (χ3n) is 4.94. The normalized spacial score (nSPS) is 12.6. The lowest BCUT2D eigenvalue weighted by Gasteiger charge is -2.19. The number of anilines is 1. The van der Waals surface area contributed by atoms with Gasteiger partial charge < -0.3 is 5.32 Å². The third-order valence-corrected chi connectivity index (χ3v) is 7.67. The molecule has 0 unspecified atom stereocenters. The molecule has 4 aromatic rings. The van der Waals surface area contributed by atoms with E-state index >= 15 is 0 Å². The van der Waals surface area contributed by atoms with Crippen LogP contribution in [0.15, 0.2) is 58.9 Å². The Morgan fingerprint density at radius 3 is 2.34 bits per heavy atom. The molecule has 0 fully saturated rings. The van der Waals surface area contributed by atoms with E-state index in [-0.39, 0.29) is 45.1 Å². The molecule has 1 aromatic heterocycles. The fraction of sp³-hybridized carbons (Fsp3) is 0.0435. The van der Waals surface area contributed by atoms with E-state index in [1.807, 2.05) is 6.07 Å². The molecule has 0 spiro atoms. The molecule has 0 aliphatic heterocycles. The number of thioether (sulfide) groups is 1. The Morgan fingerprint density at radius 1 is 0.938 bits per heavy atom. The molecule has 0 radical (unpaired) electrons. The lowest BCUT2D eigenvalue weighted by Crippen LogP contribution is -2.22. The van der Waals surface area contributed by atoms with Crippen LogP contribution in [0, 0.1) is 0 Å². The van der Waals surface area contributed by atoms with E-state index < -0.39 is 0 Å². The molecule has 1 aliphatic rings. The zero-order chi connectivity index (χ0) is 22.4. The monoisotopic (exact) mass is 498 g/mol. The van der Waals surface area contributed by atoms with Crippen molar-refractivity contribution < 1.29 is 14.4 Å². The van der Waals surface area contributed by atoms with Crippen LogP contribution in [0.3, 0.4) is 0 Å². The van der Waals surface area contributed by atoms with Gasteiger partial charge in [-0.25, -0.2) is 4.98 Å². The number of carbonyl (C=O) groups is 3. The highest BCUT2D eigenvalue weighted by Crippen LogP contribution is 2.34. The molecule has 5 rings (SSSR count). The maximum atomic E-state index is 12.9. The first-order valence-electron chi connectivity index (χ1n) is 9.41. The van der Waals surface area contributed by atoms with Gasteiger partial charge in [0.1, 0.15) is 0 Å². The summed E-state index contributed by atoms with van der Waals surface area (Å²) in [5.74, 6) is -0.730. The largest absolute Gasteiger partial charge is 0.324 e. The fourth-order valence-corrected chi connectivity index (χ4v) is 5.69. The molecular weight excluding hydrogens is 487 g/mol. The zero-order valence-electron chi connectivity index (χ0n) is 16.1. The molecule has 1 heterocycles. The Bertz CT molecular complexity index is 1450. The second-order valence-corrected chi connectivity index (χ2v) is 10.1. The zero-order valence-corrected chi connectivity index (χ0v) is 19.3. The van der Waals surface area contributed by atoms with Crippen LogP contribution in [0.4, 0.5) is 5.69 Å². The van der Waals surface area contributed by atoms with Crippen LogP contribution < -0.4 is 5.32 Å². The molecule has 1 N–H and O–H groups in total. The minimum Gasteiger partial charge on any atom is -0.324 e. The predicted molar refractivity (Wildman–Crippen MR) is 129 cm³/mol. The van der Waals surface area contributed by atoms with E-state index in [9.17, 15) is 14.4 Å². The molecule has 0 saturated heterocycles. The van der Waals surface area contributed by atoms with Crippen molar-refractivity contribution in [2.45, 2.75) is 4.34 Å². The van der Waals surface area contributed by atoms with Crippen LogP contribution in [0.1, 0.15) is 31.8 Å². The summed E-state index contributed by atoms with van der Waals surface area (Å²) in [6, 6.07) is 15.0. The number of carbonyl (C=O) groups excluding carboxylic acids is 3. The van der Waals surface area contributed by atoms with Crippen molar-refractivity contribution in [1.29, 1.82) is 0 Å². The smallest absolute Gasteiger partial charge is 0.234 e. The molecule has 0 saturated carbocycles. The van der Waals surface area contributed by atoms with Crippen LogP contribution in [0.5, 0.6) is 0 Å². The number of rotatable bonds is 4. The lowest BCUT2D eigenvalue weighted by molar-refractivity contribution is -0.113. The molecule has 1 amide bonds. The van der Waals surface area contributed by atoms with Crippen molar-refractivity contribution in [1.82, 2.24) is 4.98 Å². The summed E-state index contributed by atoms with van der Waals surface area (Å²) in [6.07, 6.45) is 0. The number of hydrogen-bond donors (Lipinski definition) is 1. The van der Waals surface area contributed by atoms with Crippen molar-refractivity contribution in [3.8, 4) is 0 Å². The van der Waals surface area contributed by atoms with Crippen LogP contribution in [0.2, 0.25) is 10.0 Å². The maximum absolute atomic E-state index is 12.9. The predicted octanol–water partition coefficient (Wildman–Crippen LogP) is 6.11. The molecule has 158 valence electrons. The van der Waals surface area contributed by atoms with Gasteiger partial charge in [-0.2, -0.15) is 0 Å². The van der Waals surface area contributed by atoms with Crippen molar-refractivity contribution in [2.75, 3.05) is 11.1 Å². The van der Waals surface area contributed by atoms with E-state index in [0.717, 1.165) is 14.6 Å². The summed E-state index contributed by atoms with van der Waals surface area (Å²) >= 11 is 15.1. The average Bonchev–Trinajstić information content (AvgIpc) is 3.19. The number of nitrogens with zero attached hydrogens (tertiary/aromatic N) is 1. The van der Waals surface area contributed by atoms with Gasteiger partial charge in [-0.05, 0) is 30.3 Å². The number of fused-ring (bicyclic) bond motifs is 3.